The van der Waals surface area contributed by atoms with Crippen molar-refractivity contribution in [2.45, 2.75) is 17.0 Å². The molecule has 1 aliphatic rings. The van der Waals surface area contributed by atoms with E-state index in [2.05, 4.69) is 0 Å². The molecular formula is C15H15IO4. The zero-order valence-electron chi connectivity index (χ0n) is 10.9. The molecule has 0 amide bonds. The molecule has 0 spiro atoms. The molecule has 2 unspecified atom stereocenters. The van der Waals surface area contributed by atoms with Crippen molar-refractivity contribution in [3.8, 4) is 0 Å². The second kappa shape index (κ2) is 5.57. The largest absolute Gasteiger partial charge is 0.512 e. The summed E-state index contributed by atoms with van der Waals surface area (Å²) in [4.78, 5) is 12.3. The van der Waals surface area contributed by atoms with E-state index in [1.54, 1.807) is 53.8 Å². The van der Waals surface area contributed by atoms with Crippen molar-refractivity contribution in [3.05, 3.63) is 59.1 Å². The Kier molecular flexibility index (Phi) is 4.19. The first-order chi connectivity index (χ1) is 9.32. The number of hydrogen-bond acceptors (Lipinski definition) is 4. The molecule has 1 aliphatic carbocycles. The Morgan fingerprint density at radius 2 is 1.90 bits per heavy atom. The first-order valence-electron chi connectivity index (χ1n) is 6.16. The summed E-state index contributed by atoms with van der Waals surface area (Å²) in [6.45, 7) is 1.63. The van der Waals surface area contributed by atoms with Crippen molar-refractivity contribution in [1.82, 2.24) is 0 Å². The summed E-state index contributed by atoms with van der Waals surface area (Å²) in [5.74, 6) is -1.27. The highest BCUT2D eigenvalue weighted by Gasteiger charge is 2.34. The van der Waals surface area contributed by atoms with Crippen LogP contribution in [0.1, 0.15) is 23.7 Å². The Morgan fingerprint density at radius 3 is 2.45 bits per heavy atom. The van der Waals surface area contributed by atoms with Crippen LogP contribution >= 0.6 is 22.6 Å². The van der Waals surface area contributed by atoms with Gasteiger partial charge in [-0.3, -0.25) is 4.79 Å². The van der Waals surface area contributed by atoms with Crippen molar-refractivity contribution in [2.75, 3.05) is 0 Å². The Hall–Kier alpha value is -1.34. The fourth-order valence-electron chi connectivity index (χ4n) is 2.27. The van der Waals surface area contributed by atoms with E-state index >= 15 is 0 Å². The molecule has 0 saturated heterocycles. The minimum atomic E-state index is -1.33. The lowest BCUT2D eigenvalue weighted by molar-refractivity contribution is 0.0937. The van der Waals surface area contributed by atoms with Crippen LogP contribution < -0.4 is 0 Å². The summed E-state index contributed by atoms with van der Waals surface area (Å²) in [7, 11) is 0. The summed E-state index contributed by atoms with van der Waals surface area (Å²) >= 11 is 1.72. The first kappa shape index (κ1) is 15.1. The summed E-state index contributed by atoms with van der Waals surface area (Å²) in [6, 6.07) is 8.71. The molecule has 3 N–H and O–H groups in total. The van der Waals surface area contributed by atoms with Crippen molar-refractivity contribution in [2.24, 2.45) is 5.92 Å². The molecule has 106 valence electrons. The Labute approximate surface area is 130 Å². The number of alkyl halides is 1. The molecule has 1 aromatic carbocycles. The molecule has 2 rings (SSSR count). The molecule has 1 aromatic rings. The highest BCUT2D eigenvalue weighted by atomic mass is 127. The number of aliphatic hydroxyl groups is 3. The number of rotatable bonds is 3. The predicted molar refractivity (Wildman–Crippen MR) is 83.9 cm³/mol. The van der Waals surface area contributed by atoms with Gasteiger partial charge >= 0.3 is 0 Å². The SMILES string of the molecule is CC(C(=O)c1ccccc1)C1=C(O)CC(O)(I)C=C1O. The van der Waals surface area contributed by atoms with Gasteiger partial charge < -0.3 is 15.3 Å². The van der Waals surface area contributed by atoms with E-state index in [1.165, 1.54) is 6.08 Å². The molecule has 0 aromatic heterocycles. The zero-order valence-corrected chi connectivity index (χ0v) is 13.0. The van der Waals surface area contributed by atoms with Crippen LogP contribution in [0.3, 0.4) is 0 Å². The molecule has 5 heteroatoms. The lowest BCUT2D eigenvalue weighted by atomic mass is 9.86. The lowest BCUT2D eigenvalue weighted by Crippen LogP contribution is -2.27. The molecule has 20 heavy (non-hydrogen) atoms. The molecule has 0 aliphatic heterocycles. The Morgan fingerprint density at radius 1 is 1.30 bits per heavy atom. The summed E-state index contributed by atoms with van der Waals surface area (Å²) in [6.07, 6.45) is 1.22. The van der Waals surface area contributed by atoms with Crippen LogP contribution in [0.2, 0.25) is 0 Å². The van der Waals surface area contributed by atoms with Gasteiger partial charge in [0, 0.05) is 17.6 Å². The minimum Gasteiger partial charge on any atom is -0.512 e. The van der Waals surface area contributed by atoms with Gasteiger partial charge in [0.25, 0.3) is 0 Å². The number of hydrogen-bond donors (Lipinski definition) is 3. The standard InChI is InChI=1S/C15H15IO4/c1-9(14(19)10-5-3-2-4-6-10)13-11(17)7-15(16,20)8-12(13)18/h2-7,9,17-18,20H,8H2,1H3. The molecule has 0 fully saturated rings. The van der Waals surface area contributed by atoms with Gasteiger partial charge in [-0.15, -0.1) is 0 Å². The van der Waals surface area contributed by atoms with Crippen molar-refractivity contribution < 1.29 is 20.1 Å². The van der Waals surface area contributed by atoms with Crippen LogP contribution in [0.4, 0.5) is 0 Å². The van der Waals surface area contributed by atoms with E-state index in [0.29, 0.717) is 5.56 Å². The molecular weight excluding hydrogens is 371 g/mol. The van der Waals surface area contributed by atoms with Gasteiger partial charge in [-0.2, -0.15) is 0 Å². The molecule has 2 atom stereocenters. The van der Waals surface area contributed by atoms with Crippen molar-refractivity contribution in [3.63, 3.8) is 0 Å². The number of carbonyl (C=O) groups is 1. The van der Waals surface area contributed by atoms with Crippen LogP contribution in [-0.4, -0.2) is 24.7 Å². The first-order valence-corrected chi connectivity index (χ1v) is 7.24. The van der Waals surface area contributed by atoms with E-state index in [1.807, 2.05) is 6.07 Å². The predicted octanol–water partition coefficient (Wildman–Crippen LogP) is 3.29. The van der Waals surface area contributed by atoms with E-state index in [-0.39, 0.29) is 29.3 Å². The second-order valence-corrected chi connectivity index (χ2v) is 6.71. The number of benzene rings is 1. The van der Waals surface area contributed by atoms with Crippen LogP contribution in [0.5, 0.6) is 0 Å². The van der Waals surface area contributed by atoms with Gasteiger partial charge in [0.1, 0.15) is 15.1 Å². The number of aliphatic hydroxyl groups excluding tert-OH is 2. The van der Waals surface area contributed by atoms with E-state index in [4.69, 9.17) is 0 Å². The lowest BCUT2D eigenvalue weighted by Gasteiger charge is -2.26. The average molecular weight is 386 g/mol. The van der Waals surface area contributed by atoms with Gasteiger partial charge in [-0.1, -0.05) is 37.3 Å². The molecule has 0 saturated carbocycles. The van der Waals surface area contributed by atoms with Crippen molar-refractivity contribution >= 4 is 28.4 Å². The number of carbonyl (C=O) groups excluding carboxylic acids is 1. The van der Waals surface area contributed by atoms with Crippen molar-refractivity contribution in [1.29, 1.82) is 0 Å². The maximum absolute atomic E-state index is 12.3. The highest BCUT2D eigenvalue weighted by molar-refractivity contribution is 14.1. The van der Waals surface area contributed by atoms with Crippen LogP contribution in [0.15, 0.2) is 53.5 Å². The fraction of sp³-hybridized carbons (Fsp3) is 0.267. The normalized spacial score (nSPS) is 24.2. The van der Waals surface area contributed by atoms with Gasteiger partial charge in [0.15, 0.2) is 5.78 Å². The smallest absolute Gasteiger partial charge is 0.170 e. The molecule has 0 bridgehead atoms. The van der Waals surface area contributed by atoms with E-state index < -0.39 is 9.53 Å². The number of ketones is 1. The van der Waals surface area contributed by atoms with Crippen LogP contribution in [-0.2, 0) is 0 Å². The molecule has 4 nitrogen and oxygen atoms in total. The summed E-state index contributed by atoms with van der Waals surface area (Å²) in [5, 5.41) is 29.8. The van der Waals surface area contributed by atoms with Gasteiger partial charge in [0.05, 0.1) is 5.92 Å². The maximum Gasteiger partial charge on any atom is 0.170 e. The number of halogens is 1. The minimum absolute atomic E-state index is 0.0284. The highest BCUT2D eigenvalue weighted by Crippen LogP contribution is 2.37. The third-order valence-corrected chi connectivity index (χ3v) is 3.94. The zero-order chi connectivity index (χ0) is 14.9. The third-order valence-electron chi connectivity index (χ3n) is 3.24. The quantitative estimate of drug-likeness (QED) is 0.423. The van der Waals surface area contributed by atoms with Gasteiger partial charge in [0.2, 0.25) is 0 Å². The van der Waals surface area contributed by atoms with Gasteiger partial charge in [-0.25, -0.2) is 0 Å². The Bertz CT molecular complexity index is 587. The maximum atomic E-state index is 12.3. The number of allylic oxidation sites excluding steroid dienone is 1. The topological polar surface area (TPSA) is 77.8 Å². The van der Waals surface area contributed by atoms with Crippen LogP contribution in [0, 0.1) is 5.92 Å². The molecule has 0 heterocycles. The average Bonchev–Trinajstić information content (AvgIpc) is 2.36. The fourth-order valence-corrected chi connectivity index (χ4v) is 2.93. The van der Waals surface area contributed by atoms with E-state index in [0.717, 1.165) is 0 Å². The number of Topliss-reactive ketones (excluding diaryl/α,β-unsaturated/α-hetero) is 1. The summed E-state index contributed by atoms with van der Waals surface area (Å²) < 4.78 is -1.33. The summed E-state index contributed by atoms with van der Waals surface area (Å²) in [5.41, 5.74) is 0.698. The second-order valence-electron chi connectivity index (χ2n) is 4.84. The molecule has 0 radical (unpaired) electrons. The Balaban J connectivity index is 2.33. The van der Waals surface area contributed by atoms with Gasteiger partial charge in [-0.05, 0) is 28.7 Å². The third kappa shape index (κ3) is 3.04. The van der Waals surface area contributed by atoms with Crippen LogP contribution in [0.25, 0.3) is 0 Å². The monoisotopic (exact) mass is 386 g/mol. The van der Waals surface area contributed by atoms with E-state index in [9.17, 15) is 20.1 Å².